The molecule has 0 spiro atoms. The average Bonchev–Trinajstić information content (AvgIpc) is 2.35. The Hall–Kier alpha value is -1.14. The first kappa shape index (κ1) is 14.9. The van der Waals surface area contributed by atoms with Crippen molar-refractivity contribution in [2.45, 2.75) is 20.0 Å². The summed E-state index contributed by atoms with van der Waals surface area (Å²) in [6, 6.07) is 1.31. The lowest BCUT2D eigenvalue weighted by atomic mass is 10.0. The van der Waals surface area contributed by atoms with Crippen LogP contribution in [0, 0.1) is 12.7 Å². The lowest BCUT2D eigenvalue weighted by Crippen LogP contribution is -2.17. The predicted octanol–water partition coefficient (Wildman–Crippen LogP) is 2.50. The van der Waals surface area contributed by atoms with E-state index in [1.165, 1.54) is 20.1 Å². The molecule has 18 heavy (non-hydrogen) atoms. The fourth-order valence-electron chi connectivity index (χ4n) is 1.58. The highest BCUT2D eigenvalue weighted by atomic mass is 79.9. The largest absolute Gasteiger partial charge is 0.496 e. The number of aliphatic hydroxyl groups is 1. The molecular formula is C12H14BrFO4. The Balaban J connectivity index is 3.27. The molecule has 1 N–H and O–H groups in total. The monoisotopic (exact) mass is 320 g/mol. The minimum Gasteiger partial charge on any atom is -0.496 e. The van der Waals surface area contributed by atoms with Gasteiger partial charge in [0.05, 0.1) is 18.2 Å². The van der Waals surface area contributed by atoms with Gasteiger partial charge in [0.15, 0.2) is 6.10 Å². The lowest BCUT2D eigenvalue weighted by molar-refractivity contribution is -0.153. The summed E-state index contributed by atoms with van der Waals surface area (Å²) in [7, 11) is 1.34. The van der Waals surface area contributed by atoms with Gasteiger partial charge < -0.3 is 14.6 Å². The molecule has 0 bridgehead atoms. The molecule has 0 heterocycles. The number of esters is 1. The number of benzene rings is 1. The van der Waals surface area contributed by atoms with E-state index in [9.17, 15) is 14.3 Å². The van der Waals surface area contributed by atoms with Gasteiger partial charge in [0.25, 0.3) is 0 Å². The van der Waals surface area contributed by atoms with E-state index >= 15 is 0 Å². The zero-order valence-electron chi connectivity index (χ0n) is 10.3. The SMILES string of the molecule is CCOC(=O)C(O)c1cc(Br)c(F)c(C)c1OC. The van der Waals surface area contributed by atoms with E-state index in [0.29, 0.717) is 0 Å². The van der Waals surface area contributed by atoms with Crippen molar-refractivity contribution in [3.8, 4) is 5.75 Å². The van der Waals surface area contributed by atoms with Crippen LogP contribution in [0.3, 0.4) is 0 Å². The topological polar surface area (TPSA) is 55.8 Å². The minimum absolute atomic E-state index is 0.135. The summed E-state index contributed by atoms with van der Waals surface area (Å²) >= 11 is 3.02. The summed E-state index contributed by atoms with van der Waals surface area (Å²) in [6.45, 7) is 3.29. The van der Waals surface area contributed by atoms with E-state index in [-0.39, 0.29) is 28.0 Å². The van der Waals surface area contributed by atoms with Crippen LogP contribution in [0.5, 0.6) is 5.75 Å². The Labute approximate surface area is 113 Å². The summed E-state index contributed by atoms with van der Waals surface area (Å²) in [5.74, 6) is -1.16. The Morgan fingerprint density at radius 1 is 1.61 bits per heavy atom. The highest BCUT2D eigenvalue weighted by Gasteiger charge is 2.26. The first-order chi connectivity index (χ1) is 8.43. The van der Waals surface area contributed by atoms with Crippen molar-refractivity contribution in [1.29, 1.82) is 0 Å². The maximum Gasteiger partial charge on any atom is 0.339 e. The third kappa shape index (κ3) is 2.81. The third-order valence-electron chi connectivity index (χ3n) is 2.43. The number of aliphatic hydroxyl groups excluding tert-OH is 1. The van der Waals surface area contributed by atoms with Crippen LogP contribution in [0.4, 0.5) is 4.39 Å². The molecular weight excluding hydrogens is 307 g/mol. The summed E-state index contributed by atoms with van der Waals surface area (Å²) in [6.07, 6.45) is -1.50. The average molecular weight is 321 g/mol. The van der Waals surface area contributed by atoms with E-state index in [2.05, 4.69) is 15.9 Å². The lowest BCUT2D eigenvalue weighted by Gasteiger charge is -2.17. The Morgan fingerprint density at radius 2 is 2.22 bits per heavy atom. The van der Waals surface area contributed by atoms with Gasteiger partial charge in [0.1, 0.15) is 11.6 Å². The summed E-state index contributed by atoms with van der Waals surface area (Å²) in [5, 5.41) is 9.87. The van der Waals surface area contributed by atoms with Crippen LogP contribution in [-0.4, -0.2) is 24.8 Å². The molecule has 1 rings (SSSR count). The van der Waals surface area contributed by atoms with Gasteiger partial charge in [0, 0.05) is 11.1 Å². The smallest absolute Gasteiger partial charge is 0.339 e. The van der Waals surface area contributed by atoms with Crippen LogP contribution in [0.2, 0.25) is 0 Å². The normalized spacial score (nSPS) is 12.1. The molecule has 6 heteroatoms. The van der Waals surface area contributed by atoms with Crippen LogP contribution < -0.4 is 4.74 Å². The number of hydrogen-bond acceptors (Lipinski definition) is 4. The van der Waals surface area contributed by atoms with E-state index in [1.807, 2.05) is 0 Å². The van der Waals surface area contributed by atoms with Gasteiger partial charge in [-0.2, -0.15) is 0 Å². The number of methoxy groups -OCH3 is 1. The van der Waals surface area contributed by atoms with Crippen molar-refractivity contribution in [2.24, 2.45) is 0 Å². The maximum absolute atomic E-state index is 13.6. The first-order valence-electron chi connectivity index (χ1n) is 5.31. The molecule has 0 amide bonds. The Kier molecular flexibility index (Phi) is 5.10. The molecule has 0 aliphatic rings. The summed E-state index contributed by atoms with van der Waals surface area (Å²) in [5.41, 5.74) is 0.381. The quantitative estimate of drug-likeness (QED) is 0.866. The fourth-order valence-corrected chi connectivity index (χ4v) is 2.13. The summed E-state index contributed by atoms with van der Waals surface area (Å²) in [4.78, 5) is 11.5. The van der Waals surface area contributed by atoms with Gasteiger partial charge in [-0.25, -0.2) is 9.18 Å². The molecule has 4 nitrogen and oxygen atoms in total. The molecule has 0 aliphatic carbocycles. The first-order valence-corrected chi connectivity index (χ1v) is 6.10. The Bertz CT molecular complexity index is 462. The van der Waals surface area contributed by atoms with Crippen molar-refractivity contribution in [3.05, 3.63) is 27.5 Å². The Morgan fingerprint density at radius 3 is 2.72 bits per heavy atom. The molecule has 0 saturated heterocycles. The zero-order valence-corrected chi connectivity index (χ0v) is 11.9. The van der Waals surface area contributed by atoms with Gasteiger partial charge in [-0.05, 0) is 35.8 Å². The zero-order chi connectivity index (χ0) is 13.9. The van der Waals surface area contributed by atoms with Gasteiger partial charge >= 0.3 is 5.97 Å². The molecule has 0 aromatic heterocycles. The molecule has 1 unspecified atom stereocenters. The minimum atomic E-state index is -1.50. The number of carbonyl (C=O) groups excluding carboxylic acids is 1. The second kappa shape index (κ2) is 6.15. The molecule has 1 aromatic rings. The van der Waals surface area contributed by atoms with Crippen LogP contribution in [-0.2, 0) is 9.53 Å². The van der Waals surface area contributed by atoms with Crippen molar-refractivity contribution in [3.63, 3.8) is 0 Å². The molecule has 0 saturated carbocycles. The van der Waals surface area contributed by atoms with E-state index in [0.717, 1.165) is 0 Å². The third-order valence-corrected chi connectivity index (χ3v) is 3.01. The van der Waals surface area contributed by atoms with E-state index in [4.69, 9.17) is 9.47 Å². The van der Waals surface area contributed by atoms with Gasteiger partial charge in [-0.15, -0.1) is 0 Å². The standard InChI is InChI=1S/C12H14BrFO4/c1-4-18-12(16)10(15)7-5-8(13)9(14)6(2)11(7)17-3/h5,10,15H,4H2,1-3H3. The van der Waals surface area contributed by atoms with E-state index < -0.39 is 17.9 Å². The van der Waals surface area contributed by atoms with Crippen molar-refractivity contribution >= 4 is 21.9 Å². The van der Waals surface area contributed by atoms with Crippen molar-refractivity contribution in [2.75, 3.05) is 13.7 Å². The number of hydrogen-bond donors (Lipinski definition) is 1. The van der Waals surface area contributed by atoms with Crippen molar-refractivity contribution < 1.29 is 23.8 Å². The second-order valence-corrected chi connectivity index (χ2v) is 4.43. The van der Waals surface area contributed by atoms with Crippen LogP contribution in [0.25, 0.3) is 0 Å². The second-order valence-electron chi connectivity index (χ2n) is 3.57. The van der Waals surface area contributed by atoms with E-state index in [1.54, 1.807) is 6.92 Å². The van der Waals surface area contributed by atoms with Crippen molar-refractivity contribution in [1.82, 2.24) is 0 Å². The molecule has 0 radical (unpaired) electrons. The predicted molar refractivity (Wildman–Crippen MR) is 67.0 cm³/mol. The molecule has 1 atom stereocenters. The van der Waals surface area contributed by atoms with Gasteiger partial charge in [0.2, 0.25) is 0 Å². The van der Waals surface area contributed by atoms with Crippen LogP contribution in [0.1, 0.15) is 24.2 Å². The fraction of sp³-hybridized carbons (Fsp3) is 0.417. The highest BCUT2D eigenvalue weighted by Crippen LogP contribution is 2.35. The van der Waals surface area contributed by atoms with Crippen LogP contribution in [0.15, 0.2) is 10.5 Å². The molecule has 1 aromatic carbocycles. The molecule has 0 fully saturated rings. The van der Waals surface area contributed by atoms with Crippen LogP contribution >= 0.6 is 15.9 Å². The molecule has 0 aliphatic heterocycles. The highest BCUT2D eigenvalue weighted by molar-refractivity contribution is 9.10. The number of halogens is 2. The summed E-state index contributed by atoms with van der Waals surface area (Å²) < 4.78 is 23.5. The number of carbonyl (C=O) groups is 1. The maximum atomic E-state index is 13.6. The molecule has 100 valence electrons. The number of rotatable bonds is 4. The van der Waals surface area contributed by atoms with Gasteiger partial charge in [-0.1, -0.05) is 0 Å². The number of ether oxygens (including phenoxy) is 2. The van der Waals surface area contributed by atoms with Gasteiger partial charge in [-0.3, -0.25) is 0 Å².